The SMILES string of the molecule is Cc1cnn(C2CCC(NS(=O)(=O)c3ccccc3OC(F)(F)F)CC2)c1. The number of hydrogen-bond donors (Lipinski definition) is 1. The van der Waals surface area contributed by atoms with Crippen molar-refractivity contribution in [2.75, 3.05) is 0 Å². The third-order valence-corrected chi connectivity index (χ3v) is 6.05. The molecule has 0 aliphatic heterocycles. The van der Waals surface area contributed by atoms with Crippen LogP contribution in [0.15, 0.2) is 41.6 Å². The highest BCUT2D eigenvalue weighted by molar-refractivity contribution is 7.89. The summed E-state index contributed by atoms with van der Waals surface area (Å²) in [5.41, 5.74) is 1.05. The molecule has 148 valence electrons. The smallest absolute Gasteiger partial charge is 0.404 e. The molecule has 0 spiro atoms. The number of rotatable bonds is 5. The minimum atomic E-state index is -4.97. The topological polar surface area (TPSA) is 73.2 Å². The average molecular weight is 403 g/mol. The highest BCUT2D eigenvalue weighted by atomic mass is 32.2. The summed E-state index contributed by atoms with van der Waals surface area (Å²) in [6, 6.07) is 4.58. The first-order chi connectivity index (χ1) is 12.6. The molecule has 1 aromatic heterocycles. The molecule has 1 N–H and O–H groups in total. The highest BCUT2D eigenvalue weighted by Gasteiger charge is 2.35. The molecule has 6 nitrogen and oxygen atoms in total. The van der Waals surface area contributed by atoms with Gasteiger partial charge in [-0.1, -0.05) is 12.1 Å². The number of para-hydroxylation sites is 1. The third kappa shape index (κ3) is 5.01. The van der Waals surface area contributed by atoms with Crippen molar-refractivity contribution >= 4 is 10.0 Å². The monoisotopic (exact) mass is 403 g/mol. The molecule has 3 rings (SSSR count). The Kier molecular flexibility index (Phi) is 5.48. The largest absolute Gasteiger partial charge is 0.573 e. The van der Waals surface area contributed by atoms with Gasteiger partial charge in [-0.3, -0.25) is 4.68 Å². The molecule has 1 saturated carbocycles. The molecule has 2 aromatic rings. The van der Waals surface area contributed by atoms with Crippen LogP contribution in [0.1, 0.15) is 37.3 Å². The molecule has 1 fully saturated rings. The lowest BCUT2D eigenvalue weighted by Gasteiger charge is -2.29. The maximum atomic E-state index is 12.6. The van der Waals surface area contributed by atoms with Crippen molar-refractivity contribution in [2.24, 2.45) is 0 Å². The van der Waals surface area contributed by atoms with Crippen LogP contribution in [0.3, 0.4) is 0 Å². The number of nitrogens with zero attached hydrogens (tertiary/aromatic N) is 2. The van der Waals surface area contributed by atoms with Crippen molar-refractivity contribution in [3.05, 3.63) is 42.2 Å². The van der Waals surface area contributed by atoms with Crippen LogP contribution in [0.2, 0.25) is 0 Å². The number of hydrogen-bond acceptors (Lipinski definition) is 4. The van der Waals surface area contributed by atoms with Crippen LogP contribution in [0.4, 0.5) is 13.2 Å². The van der Waals surface area contributed by atoms with Crippen LogP contribution in [0, 0.1) is 6.92 Å². The molecular formula is C17H20F3N3O3S. The van der Waals surface area contributed by atoms with Crippen LogP contribution in [-0.2, 0) is 10.0 Å². The maximum Gasteiger partial charge on any atom is 0.573 e. The lowest BCUT2D eigenvalue weighted by atomic mass is 9.92. The van der Waals surface area contributed by atoms with Gasteiger partial charge in [0.1, 0.15) is 10.6 Å². The van der Waals surface area contributed by atoms with Crippen molar-refractivity contribution in [3.8, 4) is 5.75 Å². The van der Waals surface area contributed by atoms with Crippen molar-refractivity contribution in [3.63, 3.8) is 0 Å². The molecule has 1 aliphatic rings. The Morgan fingerprint density at radius 1 is 1.19 bits per heavy atom. The van der Waals surface area contributed by atoms with E-state index in [4.69, 9.17) is 0 Å². The minimum absolute atomic E-state index is 0.195. The summed E-state index contributed by atoms with van der Waals surface area (Å²) in [7, 11) is -4.14. The van der Waals surface area contributed by atoms with Crippen LogP contribution >= 0.6 is 0 Å². The third-order valence-electron chi connectivity index (χ3n) is 4.49. The fraction of sp³-hybridized carbons (Fsp3) is 0.471. The normalized spacial score (nSPS) is 21.2. The highest BCUT2D eigenvalue weighted by Crippen LogP contribution is 2.32. The summed E-state index contributed by atoms with van der Waals surface area (Å²) in [6.07, 6.45) is 1.36. The molecule has 0 amide bonds. The van der Waals surface area contributed by atoms with Crippen molar-refractivity contribution in [2.45, 2.75) is 55.9 Å². The fourth-order valence-electron chi connectivity index (χ4n) is 3.26. The Hall–Kier alpha value is -2.07. The molecule has 0 bridgehead atoms. The molecule has 0 radical (unpaired) electrons. The first kappa shape index (κ1) is 19.7. The van der Waals surface area contributed by atoms with E-state index < -0.39 is 27.0 Å². The van der Waals surface area contributed by atoms with Gasteiger partial charge < -0.3 is 4.74 Å². The molecule has 0 saturated heterocycles. The number of benzene rings is 1. The van der Waals surface area contributed by atoms with Crippen LogP contribution in [0.25, 0.3) is 0 Å². The van der Waals surface area contributed by atoms with Crippen molar-refractivity contribution in [1.29, 1.82) is 0 Å². The van der Waals surface area contributed by atoms with E-state index in [-0.39, 0.29) is 12.1 Å². The van der Waals surface area contributed by atoms with E-state index in [0.29, 0.717) is 12.8 Å². The van der Waals surface area contributed by atoms with E-state index in [1.165, 1.54) is 12.1 Å². The van der Waals surface area contributed by atoms with Gasteiger partial charge in [0.25, 0.3) is 0 Å². The van der Waals surface area contributed by atoms with E-state index in [1.54, 1.807) is 6.20 Å². The molecule has 27 heavy (non-hydrogen) atoms. The number of halogens is 3. The number of sulfonamides is 1. The zero-order valence-electron chi connectivity index (χ0n) is 14.6. The zero-order valence-corrected chi connectivity index (χ0v) is 15.4. The lowest BCUT2D eigenvalue weighted by molar-refractivity contribution is -0.275. The second-order valence-corrected chi connectivity index (χ2v) is 8.30. The number of ether oxygens (including phenoxy) is 1. The summed E-state index contributed by atoms with van der Waals surface area (Å²) >= 11 is 0. The van der Waals surface area contributed by atoms with Crippen LogP contribution < -0.4 is 9.46 Å². The standard InChI is InChI=1S/C17H20F3N3O3S/c1-12-10-21-23(11-12)14-8-6-13(7-9-14)22-27(24,25)16-5-3-2-4-15(16)26-17(18,19)20/h2-5,10-11,13-14,22H,6-9H2,1H3. The molecule has 1 aliphatic carbocycles. The number of aromatic nitrogens is 2. The van der Waals surface area contributed by atoms with Gasteiger partial charge in [-0.05, 0) is 50.3 Å². The summed E-state index contributed by atoms with van der Waals surface area (Å²) < 4.78 is 71.0. The summed E-state index contributed by atoms with van der Waals surface area (Å²) in [6.45, 7) is 1.95. The Morgan fingerprint density at radius 2 is 1.85 bits per heavy atom. The zero-order chi connectivity index (χ0) is 19.7. The molecule has 1 heterocycles. The average Bonchev–Trinajstić information content (AvgIpc) is 3.00. The van der Waals surface area contributed by atoms with Crippen molar-refractivity contribution < 1.29 is 26.3 Å². The lowest BCUT2D eigenvalue weighted by Crippen LogP contribution is -2.38. The fourth-order valence-corrected chi connectivity index (χ4v) is 4.69. The van der Waals surface area contributed by atoms with Gasteiger partial charge in [-0.15, -0.1) is 13.2 Å². The van der Waals surface area contributed by atoms with Gasteiger partial charge in [0.15, 0.2) is 0 Å². The number of aryl methyl sites for hydroxylation is 1. The van der Waals surface area contributed by atoms with Gasteiger partial charge in [0, 0.05) is 12.2 Å². The molecule has 0 atom stereocenters. The Balaban J connectivity index is 1.68. The predicted molar refractivity (Wildman–Crippen MR) is 91.7 cm³/mol. The Morgan fingerprint density at radius 3 is 2.44 bits per heavy atom. The van der Waals surface area contributed by atoms with Gasteiger partial charge in [0.05, 0.1) is 12.2 Å². The van der Waals surface area contributed by atoms with Gasteiger partial charge in [-0.2, -0.15) is 5.10 Å². The number of alkyl halides is 3. The van der Waals surface area contributed by atoms with E-state index in [9.17, 15) is 21.6 Å². The number of nitrogens with one attached hydrogen (secondary N) is 1. The predicted octanol–water partition coefficient (Wildman–Crippen LogP) is 3.55. The molecule has 10 heteroatoms. The van der Waals surface area contributed by atoms with Crippen molar-refractivity contribution in [1.82, 2.24) is 14.5 Å². The second-order valence-electron chi connectivity index (χ2n) is 6.62. The summed E-state index contributed by atoms with van der Waals surface area (Å²) in [5.74, 6) is -0.738. The van der Waals surface area contributed by atoms with E-state index in [2.05, 4.69) is 14.6 Å². The quantitative estimate of drug-likeness (QED) is 0.829. The van der Waals surface area contributed by atoms with Gasteiger partial charge >= 0.3 is 6.36 Å². The molecular weight excluding hydrogens is 383 g/mol. The summed E-state index contributed by atoms with van der Waals surface area (Å²) in [5, 5.41) is 4.29. The first-order valence-corrected chi connectivity index (χ1v) is 10.0. The Bertz CT molecular complexity index is 888. The Labute approximate surface area is 155 Å². The van der Waals surface area contributed by atoms with E-state index in [0.717, 1.165) is 30.5 Å². The summed E-state index contributed by atoms with van der Waals surface area (Å²) in [4.78, 5) is -0.521. The van der Waals surface area contributed by atoms with Crippen LogP contribution in [-0.4, -0.2) is 30.6 Å². The minimum Gasteiger partial charge on any atom is -0.404 e. The first-order valence-electron chi connectivity index (χ1n) is 8.52. The molecule has 1 aromatic carbocycles. The van der Waals surface area contributed by atoms with Gasteiger partial charge in [0.2, 0.25) is 10.0 Å². The van der Waals surface area contributed by atoms with Gasteiger partial charge in [-0.25, -0.2) is 13.1 Å². The van der Waals surface area contributed by atoms with Crippen LogP contribution in [0.5, 0.6) is 5.75 Å². The second kappa shape index (κ2) is 7.51. The van der Waals surface area contributed by atoms with E-state index in [1.807, 2.05) is 17.8 Å². The molecule has 0 unspecified atom stereocenters. The maximum absolute atomic E-state index is 12.6. The van der Waals surface area contributed by atoms with E-state index >= 15 is 0 Å².